The number of hydrogen-bond acceptors (Lipinski definition) is 5. The lowest BCUT2D eigenvalue weighted by atomic mass is 9.93. The van der Waals surface area contributed by atoms with E-state index < -0.39 is 12.1 Å². The summed E-state index contributed by atoms with van der Waals surface area (Å²) in [5.41, 5.74) is 1.98. The van der Waals surface area contributed by atoms with Gasteiger partial charge in [0.1, 0.15) is 6.10 Å². The molecule has 0 radical (unpaired) electrons. The van der Waals surface area contributed by atoms with Crippen molar-refractivity contribution in [1.82, 2.24) is 4.90 Å². The standard InChI is InChI=1S/C25H24BrNO5/c1-25(2)31-21-19(13-14-27-22(28)17-5-3-4-6-18(17)23(27)29)20(30-24(21)32-25)12-9-15-7-10-16(26)11-8-15/h3-12,19-21,24H,13-14H2,1-2H3/t19-,20+,21-,24-/m0/s1. The van der Waals surface area contributed by atoms with Crippen LogP contribution in [0.25, 0.3) is 6.08 Å². The summed E-state index contributed by atoms with van der Waals surface area (Å²) < 4.78 is 19.3. The summed E-state index contributed by atoms with van der Waals surface area (Å²) in [6.07, 6.45) is 3.59. The van der Waals surface area contributed by atoms with Crippen molar-refractivity contribution in [2.45, 2.75) is 44.6 Å². The van der Waals surface area contributed by atoms with E-state index in [0.29, 0.717) is 24.1 Å². The fourth-order valence-corrected chi connectivity index (χ4v) is 4.88. The molecule has 32 heavy (non-hydrogen) atoms. The number of benzene rings is 2. The van der Waals surface area contributed by atoms with Gasteiger partial charge in [0, 0.05) is 16.9 Å². The lowest BCUT2D eigenvalue weighted by Gasteiger charge is -2.25. The SMILES string of the molecule is CC1(C)O[C@@H]2O[C@H](C=Cc3ccc(Br)cc3)[C@H](CCN3C(=O)c4ccccc4C3=O)[C@@H]2O1. The van der Waals surface area contributed by atoms with E-state index in [9.17, 15) is 9.59 Å². The Morgan fingerprint density at radius 1 is 1.00 bits per heavy atom. The summed E-state index contributed by atoms with van der Waals surface area (Å²) in [7, 11) is 0. The molecule has 0 unspecified atom stereocenters. The smallest absolute Gasteiger partial charge is 0.261 e. The van der Waals surface area contributed by atoms with Crippen LogP contribution in [0, 0.1) is 5.92 Å². The molecule has 2 aromatic rings. The Kier molecular flexibility index (Phi) is 5.53. The summed E-state index contributed by atoms with van der Waals surface area (Å²) in [6, 6.07) is 14.9. The van der Waals surface area contributed by atoms with Crippen LogP contribution in [0.15, 0.2) is 59.1 Å². The van der Waals surface area contributed by atoms with Gasteiger partial charge in [0.25, 0.3) is 11.8 Å². The Morgan fingerprint density at radius 3 is 2.31 bits per heavy atom. The first-order valence-corrected chi connectivity index (χ1v) is 11.5. The van der Waals surface area contributed by atoms with Crippen LogP contribution >= 0.6 is 15.9 Å². The van der Waals surface area contributed by atoms with Gasteiger partial charge in [0.2, 0.25) is 0 Å². The fourth-order valence-electron chi connectivity index (χ4n) is 4.61. The molecule has 4 atom stereocenters. The molecule has 0 bridgehead atoms. The first-order valence-electron chi connectivity index (χ1n) is 10.7. The molecule has 0 spiro atoms. The largest absolute Gasteiger partial charge is 0.342 e. The van der Waals surface area contributed by atoms with E-state index in [1.54, 1.807) is 24.3 Å². The maximum atomic E-state index is 12.8. The van der Waals surface area contributed by atoms with E-state index in [1.807, 2.05) is 50.3 Å². The molecular formula is C25H24BrNO5. The normalized spacial score (nSPS) is 28.5. The Bertz CT molecular complexity index is 1040. The molecule has 0 saturated carbocycles. The Labute approximate surface area is 195 Å². The summed E-state index contributed by atoms with van der Waals surface area (Å²) in [4.78, 5) is 26.9. The van der Waals surface area contributed by atoms with E-state index in [-0.39, 0.29) is 29.9 Å². The number of fused-ring (bicyclic) bond motifs is 2. The number of amides is 2. The zero-order chi connectivity index (χ0) is 22.5. The van der Waals surface area contributed by atoms with Gasteiger partial charge >= 0.3 is 0 Å². The number of nitrogens with zero attached hydrogens (tertiary/aromatic N) is 1. The topological polar surface area (TPSA) is 65.1 Å². The van der Waals surface area contributed by atoms with Gasteiger partial charge in [-0.2, -0.15) is 0 Å². The van der Waals surface area contributed by atoms with Gasteiger partial charge in [-0.25, -0.2) is 0 Å². The molecule has 7 heteroatoms. The molecule has 166 valence electrons. The van der Waals surface area contributed by atoms with Gasteiger partial charge in [0.05, 0.1) is 17.2 Å². The van der Waals surface area contributed by atoms with Gasteiger partial charge in [-0.15, -0.1) is 0 Å². The Morgan fingerprint density at radius 2 is 1.66 bits per heavy atom. The molecule has 3 aliphatic heterocycles. The number of rotatable bonds is 5. The number of hydrogen-bond donors (Lipinski definition) is 0. The van der Waals surface area contributed by atoms with Crippen LogP contribution in [0.5, 0.6) is 0 Å². The molecule has 2 aromatic carbocycles. The highest BCUT2D eigenvalue weighted by atomic mass is 79.9. The van der Waals surface area contributed by atoms with Crippen molar-refractivity contribution in [2.24, 2.45) is 5.92 Å². The third-order valence-electron chi connectivity index (χ3n) is 6.14. The van der Waals surface area contributed by atoms with Crippen molar-refractivity contribution in [2.75, 3.05) is 6.54 Å². The highest BCUT2D eigenvalue weighted by Crippen LogP contribution is 2.43. The van der Waals surface area contributed by atoms with Crippen LogP contribution in [-0.4, -0.2) is 47.5 Å². The second-order valence-electron chi connectivity index (χ2n) is 8.74. The molecule has 3 aliphatic rings. The minimum absolute atomic E-state index is 0.0576. The van der Waals surface area contributed by atoms with Gasteiger partial charge in [0.15, 0.2) is 12.1 Å². The Hall–Kier alpha value is -2.32. The van der Waals surface area contributed by atoms with E-state index >= 15 is 0 Å². The highest BCUT2D eigenvalue weighted by molar-refractivity contribution is 9.10. The molecule has 3 heterocycles. The average molecular weight is 498 g/mol. The van der Waals surface area contributed by atoms with E-state index in [1.165, 1.54) is 4.90 Å². The first-order chi connectivity index (χ1) is 15.3. The van der Waals surface area contributed by atoms with Crippen molar-refractivity contribution in [3.63, 3.8) is 0 Å². The molecule has 2 amide bonds. The summed E-state index contributed by atoms with van der Waals surface area (Å²) in [5, 5.41) is 0. The van der Waals surface area contributed by atoms with Gasteiger partial charge in [-0.3, -0.25) is 14.5 Å². The zero-order valence-corrected chi connectivity index (χ0v) is 19.4. The van der Waals surface area contributed by atoms with Crippen molar-refractivity contribution < 1.29 is 23.8 Å². The monoisotopic (exact) mass is 497 g/mol. The van der Waals surface area contributed by atoms with Crippen LogP contribution in [0.2, 0.25) is 0 Å². The van der Waals surface area contributed by atoms with Gasteiger partial charge in [-0.1, -0.05) is 52.3 Å². The van der Waals surface area contributed by atoms with Crippen LogP contribution in [-0.2, 0) is 14.2 Å². The number of carbonyl (C=O) groups excluding carboxylic acids is 2. The van der Waals surface area contributed by atoms with Crippen LogP contribution in [0.3, 0.4) is 0 Å². The van der Waals surface area contributed by atoms with Crippen molar-refractivity contribution >= 4 is 33.8 Å². The van der Waals surface area contributed by atoms with Crippen LogP contribution in [0.4, 0.5) is 0 Å². The third-order valence-corrected chi connectivity index (χ3v) is 6.66. The minimum atomic E-state index is -0.733. The quantitative estimate of drug-likeness (QED) is 0.562. The molecule has 2 fully saturated rings. The highest BCUT2D eigenvalue weighted by Gasteiger charge is 2.54. The van der Waals surface area contributed by atoms with Crippen molar-refractivity contribution in [3.8, 4) is 0 Å². The van der Waals surface area contributed by atoms with Crippen molar-refractivity contribution in [1.29, 1.82) is 0 Å². The predicted octanol–water partition coefficient (Wildman–Crippen LogP) is 4.64. The van der Waals surface area contributed by atoms with Gasteiger partial charge in [-0.05, 0) is 50.1 Å². The minimum Gasteiger partial charge on any atom is -0.342 e. The van der Waals surface area contributed by atoms with Gasteiger partial charge < -0.3 is 14.2 Å². The van der Waals surface area contributed by atoms with E-state index in [4.69, 9.17) is 14.2 Å². The van der Waals surface area contributed by atoms with Crippen LogP contribution < -0.4 is 0 Å². The zero-order valence-electron chi connectivity index (χ0n) is 17.9. The molecule has 0 aromatic heterocycles. The third kappa shape index (κ3) is 3.94. The molecular weight excluding hydrogens is 474 g/mol. The molecule has 0 aliphatic carbocycles. The average Bonchev–Trinajstić information content (AvgIpc) is 3.32. The van der Waals surface area contributed by atoms with Crippen LogP contribution in [0.1, 0.15) is 46.5 Å². The molecule has 0 N–H and O–H groups in total. The molecule has 6 nitrogen and oxygen atoms in total. The number of imide groups is 1. The summed E-state index contributed by atoms with van der Waals surface area (Å²) >= 11 is 3.45. The maximum absolute atomic E-state index is 12.8. The Balaban J connectivity index is 1.33. The second kappa shape index (κ2) is 8.23. The lowest BCUT2D eigenvalue weighted by Crippen LogP contribution is -2.36. The lowest BCUT2D eigenvalue weighted by molar-refractivity contribution is -0.205. The first kappa shape index (κ1) is 21.5. The number of ether oxygens (including phenoxy) is 3. The molecule has 2 saturated heterocycles. The summed E-state index contributed by atoms with van der Waals surface area (Å²) in [5.74, 6) is -1.28. The van der Waals surface area contributed by atoms with Crippen molar-refractivity contribution in [3.05, 3.63) is 75.8 Å². The maximum Gasteiger partial charge on any atom is 0.261 e. The number of carbonyl (C=O) groups is 2. The summed E-state index contributed by atoms with van der Waals surface area (Å²) in [6.45, 7) is 4.03. The second-order valence-corrected chi connectivity index (χ2v) is 9.66. The molecule has 5 rings (SSSR count). The predicted molar refractivity (Wildman–Crippen MR) is 122 cm³/mol. The number of halogens is 1. The van der Waals surface area contributed by atoms with E-state index in [2.05, 4.69) is 15.9 Å². The fraction of sp³-hybridized carbons (Fsp3) is 0.360. The van der Waals surface area contributed by atoms with E-state index in [0.717, 1.165) is 10.0 Å².